The molecule has 0 aromatic heterocycles. The summed E-state index contributed by atoms with van der Waals surface area (Å²) in [5.74, 6) is 0.173. The van der Waals surface area contributed by atoms with Crippen molar-refractivity contribution in [1.29, 1.82) is 0 Å². The van der Waals surface area contributed by atoms with Gasteiger partial charge in [-0.1, -0.05) is 6.42 Å². The Morgan fingerprint density at radius 1 is 1.42 bits per heavy atom. The highest BCUT2D eigenvalue weighted by Crippen LogP contribution is 2.38. The van der Waals surface area contributed by atoms with Gasteiger partial charge in [-0.05, 0) is 54.9 Å². The van der Waals surface area contributed by atoms with E-state index in [4.69, 9.17) is 9.84 Å². The molecule has 3 nitrogen and oxygen atoms in total. The fourth-order valence-electron chi connectivity index (χ4n) is 3.06. The molecule has 1 N–H and O–H groups in total. The van der Waals surface area contributed by atoms with Gasteiger partial charge >= 0.3 is 5.97 Å². The van der Waals surface area contributed by atoms with Gasteiger partial charge in [0.15, 0.2) is 0 Å². The number of methoxy groups -OCH3 is 1. The minimum absolute atomic E-state index is 0.200. The second-order valence-electron chi connectivity index (χ2n) is 5.21. The number of hydrogen-bond acceptors (Lipinski definition) is 2. The molecule has 0 spiro atoms. The van der Waals surface area contributed by atoms with E-state index in [1.54, 1.807) is 13.2 Å². The first-order valence-electron chi connectivity index (χ1n) is 6.64. The number of ether oxygens (including phenoxy) is 1. The van der Waals surface area contributed by atoms with Crippen molar-refractivity contribution in [2.75, 3.05) is 7.11 Å². The summed E-state index contributed by atoms with van der Waals surface area (Å²) in [5.41, 5.74) is 0.838. The van der Waals surface area contributed by atoms with Crippen molar-refractivity contribution in [2.24, 2.45) is 11.8 Å². The van der Waals surface area contributed by atoms with Gasteiger partial charge in [-0.15, -0.1) is 0 Å². The van der Waals surface area contributed by atoms with Crippen LogP contribution in [0, 0.1) is 17.7 Å². The molecule has 1 aliphatic carbocycles. The van der Waals surface area contributed by atoms with E-state index in [9.17, 15) is 9.18 Å². The third-order valence-corrected chi connectivity index (χ3v) is 3.98. The summed E-state index contributed by atoms with van der Waals surface area (Å²) in [5, 5.41) is 8.92. The monoisotopic (exact) mass is 266 g/mol. The summed E-state index contributed by atoms with van der Waals surface area (Å²) >= 11 is 0. The molecule has 1 saturated carbocycles. The number of carboxylic acids is 1. The number of rotatable bonds is 5. The smallest absolute Gasteiger partial charge is 0.303 e. The fraction of sp³-hybridized carbons (Fsp3) is 0.533. The Kier molecular flexibility index (Phi) is 4.40. The standard InChI is InChI=1S/C15H19FO3/c1-19-14-6-5-13(16)8-12(14)7-10-3-2-4-11(10)9-15(17)18/h5-6,8,10-11H,2-4,7,9H2,1H3,(H,17,18). The molecular formula is C15H19FO3. The Morgan fingerprint density at radius 3 is 2.84 bits per heavy atom. The zero-order valence-corrected chi connectivity index (χ0v) is 11.1. The maximum Gasteiger partial charge on any atom is 0.303 e. The molecule has 19 heavy (non-hydrogen) atoms. The van der Waals surface area contributed by atoms with Crippen LogP contribution in [0.1, 0.15) is 31.2 Å². The van der Waals surface area contributed by atoms with Crippen LogP contribution in [-0.4, -0.2) is 18.2 Å². The first kappa shape index (κ1) is 13.8. The summed E-state index contributed by atoms with van der Waals surface area (Å²) in [7, 11) is 1.57. The van der Waals surface area contributed by atoms with Gasteiger partial charge in [-0.2, -0.15) is 0 Å². The average Bonchev–Trinajstić information content (AvgIpc) is 2.76. The molecule has 2 rings (SSSR count). The number of hydrogen-bond donors (Lipinski definition) is 1. The molecule has 0 radical (unpaired) electrons. The molecule has 104 valence electrons. The number of aliphatic carboxylic acids is 1. The third-order valence-electron chi connectivity index (χ3n) is 3.98. The Bertz CT molecular complexity index is 459. The lowest BCUT2D eigenvalue weighted by Crippen LogP contribution is -2.15. The van der Waals surface area contributed by atoms with Crippen molar-refractivity contribution in [3.8, 4) is 5.75 Å². The van der Waals surface area contributed by atoms with E-state index in [0.29, 0.717) is 18.1 Å². The predicted octanol–water partition coefficient (Wildman–Crippen LogP) is 3.27. The van der Waals surface area contributed by atoms with Gasteiger partial charge in [0, 0.05) is 6.42 Å². The maximum absolute atomic E-state index is 13.3. The highest BCUT2D eigenvalue weighted by atomic mass is 19.1. The van der Waals surface area contributed by atoms with Crippen LogP contribution < -0.4 is 4.74 Å². The van der Waals surface area contributed by atoms with Crippen molar-refractivity contribution in [1.82, 2.24) is 0 Å². The van der Waals surface area contributed by atoms with Gasteiger partial charge in [0.2, 0.25) is 0 Å². The molecule has 1 fully saturated rings. The van der Waals surface area contributed by atoms with Gasteiger partial charge in [-0.3, -0.25) is 4.79 Å². The van der Waals surface area contributed by atoms with Gasteiger partial charge < -0.3 is 9.84 Å². The Balaban J connectivity index is 2.11. The Labute approximate surface area is 112 Å². The Hall–Kier alpha value is -1.58. The van der Waals surface area contributed by atoms with E-state index in [-0.39, 0.29) is 18.2 Å². The molecule has 0 saturated heterocycles. The maximum atomic E-state index is 13.3. The van der Waals surface area contributed by atoms with Crippen LogP contribution >= 0.6 is 0 Å². The molecule has 0 bridgehead atoms. The second-order valence-corrected chi connectivity index (χ2v) is 5.21. The number of carboxylic acid groups (broad SMARTS) is 1. The van der Waals surface area contributed by atoms with E-state index in [1.807, 2.05) is 0 Å². The largest absolute Gasteiger partial charge is 0.496 e. The molecule has 1 aromatic carbocycles. The van der Waals surface area contributed by atoms with E-state index in [2.05, 4.69) is 0 Å². The summed E-state index contributed by atoms with van der Waals surface area (Å²) in [4.78, 5) is 10.8. The molecule has 4 heteroatoms. The molecular weight excluding hydrogens is 247 g/mol. The Morgan fingerprint density at radius 2 is 2.16 bits per heavy atom. The molecule has 0 aliphatic heterocycles. The normalized spacial score (nSPS) is 22.4. The summed E-state index contributed by atoms with van der Waals surface area (Å²) in [6.45, 7) is 0. The highest BCUT2D eigenvalue weighted by Gasteiger charge is 2.29. The van der Waals surface area contributed by atoms with E-state index < -0.39 is 5.97 Å². The third kappa shape index (κ3) is 3.46. The van der Waals surface area contributed by atoms with Crippen LogP contribution in [0.3, 0.4) is 0 Å². The van der Waals surface area contributed by atoms with Gasteiger partial charge in [0.05, 0.1) is 7.11 Å². The first-order valence-corrected chi connectivity index (χ1v) is 6.64. The zero-order valence-electron chi connectivity index (χ0n) is 11.1. The van der Waals surface area contributed by atoms with Gasteiger partial charge in [-0.25, -0.2) is 4.39 Å². The number of benzene rings is 1. The van der Waals surface area contributed by atoms with Crippen LogP contribution in [0.25, 0.3) is 0 Å². The van der Waals surface area contributed by atoms with Crippen LogP contribution in [-0.2, 0) is 11.2 Å². The van der Waals surface area contributed by atoms with E-state index in [0.717, 1.165) is 24.8 Å². The lowest BCUT2D eigenvalue weighted by atomic mass is 9.87. The van der Waals surface area contributed by atoms with E-state index >= 15 is 0 Å². The van der Waals surface area contributed by atoms with Crippen LogP contribution in [0.5, 0.6) is 5.75 Å². The number of carbonyl (C=O) groups is 1. The van der Waals surface area contributed by atoms with Crippen LogP contribution in [0.2, 0.25) is 0 Å². The van der Waals surface area contributed by atoms with Crippen LogP contribution in [0.4, 0.5) is 4.39 Å². The minimum atomic E-state index is -0.747. The van der Waals surface area contributed by atoms with Crippen molar-refractivity contribution in [3.05, 3.63) is 29.6 Å². The lowest BCUT2D eigenvalue weighted by molar-refractivity contribution is -0.138. The second kappa shape index (κ2) is 6.04. The van der Waals surface area contributed by atoms with Crippen molar-refractivity contribution in [3.63, 3.8) is 0 Å². The molecule has 2 unspecified atom stereocenters. The highest BCUT2D eigenvalue weighted by molar-refractivity contribution is 5.67. The average molecular weight is 266 g/mol. The molecule has 0 amide bonds. The summed E-state index contributed by atoms with van der Waals surface area (Å²) < 4.78 is 18.6. The molecule has 2 atom stereocenters. The molecule has 1 aromatic rings. The van der Waals surface area contributed by atoms with Gasteiger partial charge in [0.1, 0.15) is 11.6 Å². The van der Waals surface area contributed by atoms with Gasteiger partial charge in [0.25, 0.3) is 0 Å². The lowest BCUT2D eigenvalue weighted by Gasteiger charge is -2.19. The summed E-state index contributed by atoms with van der Waals surface area (Å²) in [6, 6.07) is 4.51. The van der Waals surface area contributed by atoms with Crippen molar-refractivity contribution >= 4 is 5.97 Å². The minimum Gasteiger partial charge on any atom is -0.496 e. The quantitative estimate of drug-likeness (QED) is 0.889. The zero-order chi connectivity index (χ0) is 13.8. The first-order chi connectivity index (χ1) is 9.10. The van der Waals surface area contributed by atoms with Crippen molar-refractivity contribution < 1.29 is 19.0 Å². The summed E-state index contributed by atoms with van der Waals surface area (Å²) in [6.07, 6.45) is 3.92. The van der Waals surface area contributed by atoms with Crippen LogP contribution in [0.15, 0.2) is 18.2 Å². The van der Waals surface area contributed by atoms with Crippen molar-refractivity contribution in [2.45, 2.75) is 32.1 Å². The number of halogens is 1. The molecule has 0 heterocycles. The predicted molar refractivity (Wildman–Crippen MR) is 69.7 cm³/mol. The SMILES string of the molecule is COc1ccc(F)cc1CC1CCCC1CC(=O)O. The fourth-order valence-corrected chi connectivity index (χ4v) is 3.06. The van der Waals surface area contributed by atoms with E-state index in [1.165, 1.54) is 12.1 Å². The topological polar surface area (TPSA) is 46.5 Å². The molecule has 1 aliphatic rings.